The standard InChI is InChI=1S/C14H18N2O6S/c15-9-2-4-10(5-3-9)16-13(17)11-6-1-8(14(18)19)7-12(11)23(20,21)22/h1,6-7,9-10H,2-5,15H2,(H,16,17)(H,18,19)(H,20,21,22)/p-1. The van der Waals surface area contributed by atoms with E-state index < -0.39 is 26.9 Å². The van der Waals surface area contributed by atoms with Crippen LogP contribution in [0.2, 0.25) is 0 Å². The number of hydrogen-bond donors (Lipinski definition) is 3. The Kier molecular flexibility index (Phi) is 5.03. The topological polar surface area (TPSA) is 150 Å². The number of rotatable bonds is 4. The van der Waals surface area contributed by atoms with Gasteiger partial charge in [-0.05, 0) is 43.9 Å². The summed E-state index contributed by atoms with van der Waals surface area (Å²) in [6, 6.07) is 2.77. The van der Waals surface area contributed by atoms with Crippen molar-refractivity contribution in [2.75, 3.05) is 0 Å². The summed E-state index contributed by atoms with van der Waals surface area (Å²) in [5, 5.41) is 11.6. The van der Waals surface area contributed by atoms with Crippen molar-refractivity contribution >= 4 is 22.0 Å². The van der Waals surface area contributed by atoms with E-state index in [1.807, 2.05) is 0 Å². The molecule has 2 rings (SSSR count). The number of amides is 1. The van der Waals surface area contributed by atoms with Crippen LogP contribution in [0.1, 0.15) is 46.4 Å². The molecular weight excluding hydrogens is 324 g/mol. The molecule has 0 atom stereocenters. The number of aromatic carboxylic acids is 1. The lowest BCUT2D eigenvalue weighted by Crippen LogP contribution is -2.40. The van der Waals surface area contributed by atoms with Crippen LogP contribution in [-0.4, -0.2) is 42.0 Å². The summed E-state index contributed by atoms with van der Waals surface area (Å²) in [4.78, 5) is 22.3. The first kappa shape index (κ1) is 17.4. The zero-order valence-corrected chi connectivity index (χ0v) is 13.0. The predicted octanol–water partition coefficient (Wildman–Crippen LogP) is 0.289. The van der Waals surface area contributed by atoms with Crippen LogP contribution in [0.3, 0.4) is 0 Å². The lowest BCUT2D eigenvalue weighted by atomic mass is 9.91. The first-order valence-electron chi connectivity index (χ1n) is 7.08. The average molecular weight is 341 g/mol. The molecule has 9 heteroatoms. The number of carboxylic acid groups (broad SMARTS) is 1. The summed E-state index contributed by atoms with van der Waals surface area (Å²) in [7, 11) is -4.98. The highest BCUT2D eigenvalue weighted by molar-refractivity contribution is 7.85. The lowest BCUT2D eigenvalue weighted by Gasteiger charge is -2.27. The number of hydrogen-bond acceptors (Lipinski definition) is 6. The quantitative estimate of drug-likeness (QED) is 0.666. The smallest absolute Gasteiger partial charge is 0.335 e. The Morgan fingerprint density at radius 3 is 2.35 bits per heavy atom. The molecule has 1 amide bonds. The summed E-state index contributed by atoms with van der Waals surface area (Å²) in [5.41, 5.74) is 5.05. The third-order valence-corrected chi connectivity index (χ3v) is 4.73. The first-order valence-corrected chi connectivity index (χ1v) is 8.49. The van der Waals surface area contributed by atoms with Crippen LogP contribution in [0.25, 0.3) is 0 Å². The molecule has 1 aliphatic carbocycles. The number of benzene rings is 1. The molecule has 0 radical (unpaired) electrons. The van der Waals surface area contributed by atoms with Gasteiger partial charge in [0.1, 0.15) is 10.1 Å². The van der Waals surface area contributed by atoms with Gasteiger partial charge in [0, 0.05) is 12.1 Å². The van der Waals surface area contributed by atoms with Gasteiger partial charge < -0.3 is 20.7 Å². The Balaban J connectivity index is 2.27. The minimum Gasteiger partial charge on any atom is -0.744 e. The van der Waals surface area contributed by atoms with Gasteiger partial charge in [0.15, 0.2) is 0 Å². The Labute approximate surface area is 133 Å². The highest BCUT2D eigenvalue weighted by atomic mass is 32.2. The summed E-state index contributed by atoms with van der Waals surface area (Å²) in [5.74, 6) is -2.10. The van der Waals surface area contributed by atoms with E-state index >= 15 is 0 Å². The SMILES string of the molecule is NC1CCC(NC(=O)c2ccc(C(=O)O)cc2S(=O)(=O)[O-])CC1. The molecule has 0 aromatic heterocycles. The molecule has 0 aliphatic heterocycles. The summed E-state index contributed by atoms with van der Waals surface area (Å²) >= 11 is 0. The Morgan fingerprint density at radius 1 is 1.22 bits per heavy atom. The molecule has 0 saturated heterocycles. The van der Waals surface area contributed by atoms with Gasteiger partial charge in [-0.2, -0.15) is 0 Å². The zero-order valence-electron chi connectivity index (χ0n) is 12.2. The molecule has 0 heterocycles. The van der Waals surface area contributed by atoms with E-state index in [2.05, 4.69) is 5.32 Å². The monoisotopic (exact) mass is 341 g/mol. The van der Waals surface area contributed by atoms with Gasteiger partial charge in [0.25, 0.3) is 5.91 Å². The van der Waals surface area contributed by atoms with Crippen LogP contribution in [-0.2, 0) is 10.1 Å². The first-order chi connectivity index (χ1) is 10.7. The molecule has 4 N–H and O–H groups in total. The lowest BCUT2D eigenvalue weighted by molar-refractivity contribution is 0.0695. The third kappa shape index (κ3) is 4.27. The van der Waals surface area contributed by atoms with Gasteiger partial charge in [0.05, 0.1) is 16.0 Å². The number of carbonyl (C=O) groups is 2. The summed E-state index contributed by atoms with van der Waals surface area (Å²) < 4.78 is 34.0. The molecule has 126 valence electrons. The molecule has 0 bridgehead atoms. The Morgan fingerprint density at radius 2 is 1.83 bits per heavy atom. The van der Waals surface area contributed by atoms with E-state index in [-0.39, 0.29) is 23.2 Å². The second-order valence-electron chi connectivity index (χ2n) is 5.56. The Hall–Kier alpha value is -1.97. The minimum atomic E-state index is -4.98. The fourth-order valence-corrected chi connectivity index (χ4v) is 3.28. The molecular formula is C14H17N2O6S-. The predicted molar refractivity (Wildman–Crippen MR) is 79.1 cm³/mol. The fourth-order valence-electron chi connectivity index (χ4n) is 2.58. The highest BCUT2D eigenvalue weighted by Gasteiger charge is 2.23. The van der Waals surface area contributed by atoms with Crippen molar-refractivity contribution in [2.24, 2.45) is 5.73 Å². The number of carboxylic acids is 1. The van der Waals surface area contributed by atoms with Gasteiger partial charge in [-0.25, -0.2) is 13.2 Å². The van der Waals surface area contributed by atoms with E-state index in [9.17, 15) is 22.6 Å². The van der Waals surface area contributed by atoms with Crippen molar-refractivity contribution < 1.29 is 27.7 Å². The zero-order chi connectivity index (χ0) is 17.2. The highest BCUT2D eigenvalue weighted by Crippen LogP contribution is 2.21. The van der Waals surface area contributed by atoms with Crippen LogP contribution in [0.15, 0.2) is 23.1 Å². The molecule has 1 aliphatic rings. The molecule has 1 aromatic rings. The van der Waals surface area contributed by atoms with Crippen molar-refractivity contribution in [3.05, 3.63) is 29.3 Å². The van der Waals surface area contributed by atoms with Gasteiger partial charge in [-0.1, -0.05) is 0 Å². The molecule has 1 aromatic carbocycles. The Bertz CT molecular complexity index is 723. The molecule has 1 saturated carbocycles. The van der Waals surface area contributed by atoms with Crippen molar-refractivity contribution in [1.82, 2.24) is 5.32 Å². The number of nitrogens with one attached hydrogen (secondary N) is 1. The second kappa shape index (κ2) is 6.65. The van der Waals surface area contributed by atoms with Crippen molar-refractivity contribution in [2.45, 2.75) is 42.7 Å². The van der Waals surface area contributed by atoms with Crippen LogP contribution < -0.4 is 11.1 Å². The van der Waals surface area contributed by atoms with E-state index in [1.165, 1.54) is 0 Å². The van der Waals surface area contributed by atoms with Crippen molar-refractivity contribution in [1.29, 1.82) is 0 Å². The van der Waals surface area contributed by atoms with Crippen molar-refractivity contribution in [3.8, 4) is 0 Å². The maximum atomic E-state index is 12.2. The van der Waals surface area contributed by atoms with Gasteiger partial charge in [-0.3, -0.25) is 4.79 Å². The van der Waals surface area contributed by atoms with E-state index in [0.29, 0.717) is 18.9 Å². The van der Waals surface area contributed by atoms with E-state index in [0.717, 1.165) is 25.0 Å². The maximum absolute atomic E-state index is 12.2. The van der Waals surface area contributed by atoms with Crippen molar-refractivity contribution in [3.63, 3.8) is 0 Å². The normalized spacial score (nSPS) is 21.7. The average Bonchev–Trinajstić information content (AvgIpc) is 2.48. The third-order valence-electron chi connectivity index (χ3n) is 3.85. The molecule has 0 spiro atoms. The number of carbonyl (C=O) groups excluding carboxylic acids is 1. The maximum Gasteiger partial charge on any atom is 0.335 e. The second-order valence-corrected chi connectivity index (χ2v) is 6.90. The van der Waals surface area contributed by atoms with Crippen LogP contribution in [0.5, 0.6) is 0 Å². The van der Waals surface area contributed by atoms with Crippen LogP contribution >= 0.6 is 0 Å². The van der Waals surface area contributed by atoms with Crippen LogP contribution in [0.4, 0.5) is 0 Å². The minimum absolute atomic E-state index is 0.0931. The molecule has 0 unspecified atom stereocenters. The summed E-state index contributed by atoms with van der Waals surface area (Å²) in [6.07, 6.45) is 2.82. The van der Waals surface area contributed by atoms with E-state index in [4.69, 9.17) is 10.8 Å². The largest absolute Gasteiger partial charge is 0.744 e. The van der Waals surface area contributed by atoms with Gasteiger partial charge >= 0.3 is 5.97 Å². The fraction of sp³-hybridized carbons (Fsp3) is 0.429. The van der Waals surface area contributed by atoms with E-state index in [1.54, 1.807) is 0 Å². The molecule has 1 fully saturated rings. The summed E-state index contributed by atoms with van der Waals surface area (Å²) in [6.45, 7) is 0. The van der Waals surface area contributed by atoms with Gasteiger partial charge in [-0.15, -0.1) is 0 Å². The van der Waals surface area contributed by atoms with Gasteiger partial charge in [0.2, 0.25) is 0 Å². The van der Waals surface area contributed by atoms with Crippen LogP contribution in [0, 0.1) is 0 Å². The molecule has 23 heavy (non-hydrogen) atoms. The molecule has 8 nitrogen and oxygen atoms in total. The number of nitrogens with two attached hydrogens (primary N) is 1.